The van der Waals surface area contributed by atoms with Crippen molar-refractivity contribution >= 4 is 29.0 Å². The lowest BCUT2D eigenvalue weighted by Crippen LogP contribution is -2.28. The number of carbonyl (C=O) groups excluding carboxylic acids is 1. The third-order valence-corrected chi connectivity index (χ3v) is 7.66. The number of aryl methyl sites for hydroxylation is 1. The Labute approximate surface area is 206 Å². The van der Waals surface area contributed by atoms with Gasteiger partial charge in [0.1, 0.15) is 22.9 Å². The molecule has 2 unspecified atom stereocenters. The van der Waals surface area contributed by atoms with Crippen LogP contribution in [-0.2, 0) is 19.2 Å². The van der Waals surface area contributed by atoms with Crippen LogP contribution in [0.5, 0.6) is 0 Å². The smallest absolute Gasteiger partial charge is 0.274 e. The van der Waals surface area contributed by atoms with Crippen LogP contribution in [-0.4, -0.2) is 42.1 Å². The van der Waals surface area contributed by atoms with Crippen LogP contribution in [0.25, 0.3) is 0 Å². The van der Waals surface area contributed by atoms with Gasteiger partial charge in [0, 0.05) is 24.7 Å². The molecule has 2 saturated carbocycles. The second-order valence-electron chi connectivity index (χ2n) is 9.70. The number of rotatable bonds is 6. The number of amides is 1. The van der Waals surface area contributed by atoms with Gasteiger partial charge in [0.2, 0.25) is 0 Å². The van der Waals surface area contributed by atoms with E-state index in [9.17, 15) is 19.4 Å². The molecule has 1 aromatic carbocycles. The summed E-state index contributed by atoms with van der Waals surface area (Å²) in [7, 11) is 1.77. The molecule has 2 heterocycles. The number of hydrogen-bond acceptors (Lipinski definition) is 6. The van der Waals surface area contributed by atoms with E-state index in [2.05, 4.69) is 15.4 Å². The molecule has 2 fully saturated rings. The monoisotopic (exact) mass is 502 g/mol. The summed E-state index contributed by atoms with van der Waals surface area (Å²) in [5.41, 5.74) is 7.05. The SMILES string of the molecule is Cn1cnc(C2CC3CC(O)(c4cc(N)nn4CCO)CC3C2)c1C(=O)Nc1ccc(F)c(Cl)c1. The van der Waals surface area contributed by atoms with E-state index in [0.717, 1.165) is 18.5 Å². The number of hydrogen-bond donors (Lipinski definition) is 4. The fraction of sp³-hybridized carbons (Fsp3) is 0.458. The van der Waals surface area contributed by atoms with Crippen LogP contribution in [0.15, 0.2) is 30.6 Å². The maximum atomic E-state index is 13.5. The van der Waals surface area contributed by atoms with Gasteiger partial charge < -0.3 is 25.8 Å². The first-order chi connectivity index (χ1) is 16.7. The molecular formula is C24H28ClFN6O3. The highest BCUT2D eigenvalue weighted by molar-refractivity contribution is 6.31. The van der Waals surface area contributed by atoms with Crippen LogP contribution in [0.3, 0.4) is 0 Å². The standard InChI is InChI=1S/C24H28ClFN6O3/c1-31-12-28-21(22(31)23(34)29-16-2-3-18(26)17(25)8-16)13-6-14-10-24(35,11-15(14)7-13)19-9-20(27)30-32(19)4-5-33/h2-3,8-9,12-15,33,35H,4-7,10-11H2,1H3,(H2,27,30)(H,29,34). The Morgan fingerprint density at radius 3 is 2.69 bits per heavy atom. The molecule has 2 atom stereocenters. The van der Waals surface area contributed by atoms with E-state index in [1.165, 1.54) is 18.2 Å². The van der Waals surface area contributed by atoms with Gasteiger partial charge in [-0.15, -0.1) is 0 Å². The molecule has 0 radical (unpaired) electrons. The van der Waals surface area contributed by atoms with E-state index < -0.39 is 11.4 Å². The summed E-state index contributed by atoms with van der Waals surface area (Å²) in [6.45, 7) is 0.187. The fourth-order valence-electron chi connectivity index (χ4n) is 5.96. The molecule has 0 aliphatic heterocycles. The molecule has 2 aromatic heterocycles. The number of carbonyl (C=O) groups is 1. The zero-order valence-corrected chi connectivity index (χ0v) is 20.0. The number of aromatic nitrogens is 4. The summed E-state index contributed by atoms with van der Waals surface area (Å²) < 4.78 is 16.8. The number of nitrogens with zero attached hydrogens (tertiary/aromatic N) is 4. The second-order valence-corrected chi connectivity index (χ2v) is 10.1. The van der Waals surface area contributed by atoms with Gasteiger partial charge in [0.05, 0.1) is 35.9 Å². The quantitative estimate of drug-likeness (QED) is 0.410. The molecular weight excluding hydrogens is 475 g/mol. The Kier molecular flexibility index (Phi) is 6.06. The van der Waals surface area contributed by atoms with Crippen molar-refractivity contribution in [1.82, 2.24) is 19.3 Å². The number of fused-ring (bicyclic) bond motifs is 1. The van der Waals surface area contributed by atoms with E-state index in [0.29, 0.717) is 35.7 Å². The van der Waals surface area contributed by atoms with Crippen LogP contribution in [0.1, 0.15) is 53.5 Å². The Hall–Kier alpha value is -2.95. The third kappa shape index (κ3) is 4.30. The molecule has 3 aromatic rings. The number of halogens is 2. The van der Waals surface area contributed by atoms with Crippen molar-refractivity contribution in [1.29, 1.82) is 0 Å². The van der Waals surface area contributed by atoms with Crippen LogP contribution in [0.2, 0.25) is 5.02 Å². The fourth-order valence-corrected chi connectivity index (χ4v) is 6.14. The van der Waals surface area contributed by atoms with Crippen molar-refractivity contribution in [2.45, 2.75) is 43.7 Å². The first-order valence-electron chi connectivity index (χ1n) is 11.6. The first kappa shape index (κ1) is 23.8. The number of imidazole rings is 1. The Bertz CT molecular complexity index is 1260. The normalized spacial score (nSPS) is 25.7. The lowest BCUT2D eigenvalue weighted by Gasteiger charge is -2.25. The number of anilines is 2. The molecule has 0 spiro atoms. The molecule has 186 valence electrons. The van der Waals surface area contributed by atoms with Crippen molar-refractivity contribution < 1.29 is 19.4 Å². The lowest BCUT2D eigenvalue weighted by molar-refractivity contribution is 0.0245. The molecule has 9 nitrogen and oxygen atoms in total. The van der Waals surface area contributed by atoms with E-state index in [1.807, 2.05) is 0 Å². The van der Waals surface area contributed by atoms with Gasteiger partial charge in [-0.1, -0.05) is 11.6 Å². The van der Waals surface area contributed by atoms with Gasteiger partial charge in [-0.3, -0.25) is 9.48 Å². The van der Waals surface area contributed by atoms with Crippen molar-refractivity contribution in [3.63, 3.8) is 0 Å². The molecule has 2 aliphatic carbocycles. The largest absolute Gasteiger partial charge is 0.394 e. The molecule has 5 rings (SSSR count). The van der Waals surface area contributed by atoms with Gasteiger partial charge in [0.25, 0.3) is 5.91 Å². The second kappa shape index (κ2) is 8.92. The summed E-state index contributed by atoms with van der Waals surface area (Å²) in [5.74, 6) is 0.0456. The maximum absolute atomic E-state index is 13.5. The van der Waals surface area contributed by atoms with E-state index in [-0.39, 0.29) is 41.8 Å². The van der Waals surface area contributed by atoms with E-state index >= 15 is 0 Å². The van der Waals surface area contributed by atoms with Crippen molar-refractivity contribution in [3.8, 4) is 0 Å². The number of aliphatic hydroxyl groups excluding tert-OH is 1. The Morgan fingerprint density at radius 1 is 1.31 bits per heavy atom. The summed E-state index contributed by atoms with van der Waals surface area (Å²) in [6, 6.07) is 5.74. The van der Waals surface area contributed by atoms with Gasteiger partial charge in [-0.25, -0.2) is 9.37 Å². The molecule has 2 aliphatic rings. The minimum Gasteiger partial charge on any atom is -0.394 e. The predicted octanol–water partition coefficient (Wildman–Crippen LogP) is 3.03. The van der Waals surface area contributed by atoms with Crippen molar-refractivity contribution in [2.75, 3.05) is 17.7 Å². The maximum Gasteiger partial charge on any atom is 0.274 e. The van der Waals surface area contributed by atoms with E-state index in [4.69, 9.17) is 17.3 Å². The molecule has 1 amide bonds. The number of benzene rings is 1. The topological polar surface area (TPSA) is 131 Å². The highest BCUT2D eigenvalue weighted by Gasteiger charge is 2.51. The van der Waals surface area contributed by atoms with Gasteiger partial charge in [-0.2, -0.15) is 5.10 Å². The number of nitrogens with one attached hydrogen (secondary N) is 1. The zero-order valence-electron chi connectivity index (χ0n) is 19.3. The lowest BCUT2D eigenvalue weighted by atomic mass is 9.90. The van der Waals surface area contributed by atoms with Gasteiger partial charge >= 0.3 is 0 Å². The van der Waals surface area contributed by atoms with Gasteiger partial charge in [-0.05, 0) is 55.7 Å². The summed E-state index contributed by atoms with van der Waals surface area (Å²) in [4.78, 5) is 17.7. The molecule has 0 bridgehead atoms. The Morgan fingerprint density at radius 2 is 2.03 bits per heavy atom. The van der Waals surface area contributed by atoms with Gasteiger partial charge in [0.15, 0.2) is 0 Å². The van der Waals surface area contributed by atoms with Crippen LogP contribution >= 0.6 is 11.6 Å². The highest BCUT2D eigenvalue weighted by Crippen LogP contribution is 2.57. The first-order valence-corrected chi connectivity index (χ1v) is 12.0. The van der Waals surface area contributed by atoms with Crippen LogP contribution in [0, 0.1) is 17.7 Å². The highest BCUT2D eigenvalue weighted by atomic mass is 35.5. The van der Waals surface area contributed by atoms with Crippen molar-refractivity contribution in [3.05, 3.63) is 58.5 Å². The molecule has 35 heavy (non-hydrogen) atoms. The molecule has 11 heteroatoms. The summed E-state index contributed by atoms with van der Waals surface area (Å²) >= 11 is 5.85. The summed E-state index contributed by atoms with van der Waals surface area (Å²) in [5, 5.41) is 27.8. The number of nitrogen functional groups attached to an aromatic ring is 1. The van der Waals surface area contributed by atoms with Crippen molar-refractivity contribution in [2.24, 2.45) is 18.9 Å². The predicted molar refractivity (Wildman–Crippen MR) is 128 cm³/mol. The minimum atomic E-state index is -1.05. The number of nitrogens with two attached hydrogens (primary N) is 1. The van der Waals surface area contributed by atoms with Crippen LogP contribution < -0.4 is 11.1 Å². The van der Waals surface area contributed by atoms with E-state index in [1.54, 1.807) is 28.7 Å². The Balaban J connectivity index is 1.32. The minimum absolute atomic E-state index is 0.0637. The molecule has 5 N–H and O–H groups in total. The number of aliphatic hydroxyl groups is 2. The van der Waals surface area contributed by atoms with Crippen LogP contribution in [0.4, 0.5) is 15.9 Å². The third-order valence-electron chi connectivity index (χ3n) is 7.37. The molecule has 0 saturated heterocycles. The zero-order chi connectivity index (χ0) is 24.9. The average molecular weight is 503 g/mol. The summed E-state index contributed by atoms with van der Waals surface area (Å²) in [6.07, 6.45) is 4.36. The average Bonchev–Trinajstić information content (AvgIpc) is 3.53.